The zero-order valence-corrected chi connectivity index (χ0v) is 14.4. The molecule has 140 valence electrons. The molecule has 1 aromatic carbocycles. The Hall–Kier alpha value is -2.90. The highest BCUT2D eigenvalue weighted by atomic mass is 19.4. The lowest BCUT2D eigenvalue weighted by Crippen LogP contribution is -2.09. The van der Waals surface area contributed by atoms with E-state index in [0.717, 1.165) is 28.2 Å². The quantitative estimate of drug-likeness (QED) is 0.502. The zero-order valence-electron chi connectivity index (χ0n) is 14.4. The molecule has 0 atom stereocenters. The lowest BCUT2D eigenvalue weighted by atomic mass is 10.1. The molecule has 0 radical (unpaired) electrons. The average molecular weight is 376 g/mol. The first kappa shape index (κ1) is 17.5. The molecular weight excluding hydrogens is 360 g/mol. The lowest BCUT2D eigenvalue weighted by molar-refractivity contribution is -0.141. The van der Waals surface area contributed by atoms with E-state index in [1.165, 1.54) is 6.07 Å². The Kier molecular flexibility index (Phi) is 4.13. The van der Waals surface area contributed by atoms with Gasteiger partial charge >= 0.3 is 6.18 Å². The monoisotopic (exact) mass is 376 g/mol. The minimum atomic E-state index is -4.53. The summed E-state index contributed by atoms with van der Waals surface area (Å²) >= 11 is 0. The number of rotatable bonds is 4. The molecule has 4 aromatic rings. The summed E-state index contributed by atoms with van der Waals surface area (Å²) in [6.45, 7) is 1.40. The molecule has 0 saturated carbocycles. The number of benzene rings is 1. The van der Waals surface area contributed by atoms with Crippen LogP contribution in [0.3, 0.4) is 0 Å². The number of alkyl halides is 4. The molecule has 0 saturated heterocycles. The van der Waals surface area contributed by atoms with E-state index in [2.05, 4.69) is 15.2 Å². The number of H-pyrrole nitrogens is 1. The molecule has 0 aliphatic heterocycles. The fourth-order valence-corrected chi connectivity index (χ4v) is 3.35. The van der Waals surface area contributed by atoms with E-state index >= 15 is 0 Å². The number of hydrogen-bond donors (Lipinski definition) is 1. The number of hydrogen-bond acceptors (Lipinski definition) is 2. The molecule has 0 bridgehead atoms. The van der Waals surface area contributed by atoms with Gasteiger partial charge in [0.2, 0.25) is 0 Å². The highest BCUT2D eigenvalue weighted by molar-refractivity contribution is 5.86. The smallest absolute Gasteiger partial charge is 0.298 e. The molecule has 8 heteroatoms. The molecule has 0 aliphatic rings. The van der Waals surface area contributed by atoms with Crippen LogP contribution in [0.2, 0.25) is 0 Å². The van der Waals surface area contributed by atoms with Crippen LogP contribution in [0.4, 0.5) is 17.6 Å². The first-order valence-corrected chi connectivity index (χ1v) is 8.47. The van der Waals surface area contributed by atoms with E-state index in [1.54, 1.807) is 16.8 Å². The van der Waals surface area contributed by atoms with Crippen molar-refractivity contribution >= 4 is 21.9 Å². The standard InChI is InChI=1S/C19H16F4N4/c1-11-7-15(9-13-10-24-26-17(11)13)27-14(3-2-6-20)8-12-4-5-16(19(21,22)23)25-18(12)27/h4-5,7-10H,2-3,6H2,1H3,(H,24,26). The van der Waals surface area contributed by atoms with Gasteiger partial charge in [0.1, 0.15) is 11.3 Å². The van der Waals surface area contributed by atoms with Gasteiger partial charge in [-0.2, -0.15) is 18.3 Å². The molecule has 1 N–H and O–H groups in total. The summed E-state index contributed by atoms with van der Waals surface area (Å²) in [5.41, 5.74) is 2.43. The van der Waals surface area contributed by atoms with Crippen molar-refractivity contribution in [2.24, 2.45) is 0 Å². The summed E-state index contributed by atoms with van der Waals surface area (Å²) in [6.07, 6.45) is -2.19. The van der Waals surface area contributed by atoms with Gasteiger partial charge in [-0.15, -0.1) is 0 Å². The molecular formula is C19H16F4N4. The van der Waals surface area contributed by atoms with Crippen LogP contribution in [-0.4, -0.2) is 26.4 Å². The zero-order chi connectivity index (χ0) is 19.2. The topological polar surface area (TPSA) is 46.5 Å². The van der Waals surface area contributed by atoms with Crippen LogP contribution in [0.25, 0.3) is 27.6 Å². The van der Waals surface area contributed by atoms with Crippen molar-refractivity contribution in [2.45, 2.75) is 25.9 Å². The Labute approximate surface area is 151 Å². The maximum Gasteiger partial charge on any atom is 0.433 e. The van der Waals surface area contributed by atoms with Crippen molar-refractivity contribution in [2.75, 3.05) is 6.67 Å². The Morgan fingerprint density at radius 3 is 2.67 bits per heavy atom. The first-order chi connectivity index (χ1) is 12.9. The number of pyridine rings is 1. The van der Waals surface area contributed by atoms with Crippen LogP contribution in [0.1, 0.15) is 23.4 Å². The molecule has 4 rings (SSSR count). The Morgan fingerprint density at radius 2 is 1.93 bits per heavy atom. The summed E-state index contributed by atoms with van der Waals surface area (Å²) in [6, 6.07) is 7.85. The second kappa shape index (κ2) is 6.37. The number of aromatic amines is 1. The number of nitrogens with one attached hydrogen (secondary N) is 1. The molecule has 27 heavy (non-hydrogen) atoms. The highest BCUT2D eigenvalue weighted by Gasteiger charge is 2.33. The van der Waals surface area contributed by atoms with Crippen LogP contribution >= 0.6 is 0 Å². The number of fused-ring (bicyclic) bond motifs is 2. The molecule has 3 heterocycles. The number of aryl methyl sites for hydroxylation is 2. The van der Waals surface area contributed by atoms with Gasteiger partial charge in [-0.05, 0) is 55.7 Å². The minimum absolute atomic E-state index is 0.209. The molecule has 0 fully saturated rings. The van der Waals surface area contributed by atoms with Crippen LogP contribution in [0, 0.1) is 6.92 Å². The van der Waals surface area contributed by atoms with Gasteiger partial charge in [-0.25, -0.2) is 4.98 Å². The van der Waals surface area contributed by atoms with Crippen molar-refractivity contribution in [1.82, 2.24) is 19.7 Å². The van der Waals surface area contributed by atoms with E-state index in [-0.39, 0.29) is 12.1 Å². The van der Waals surface area contributed by atoms with Crippen LogP contribution < -0.4 is 0 Å². The third-order valence-electron chi connectivity index (χ3n) is 4.57. The van der Waals surface area contributed by atoms with Crippen LogP contribution in [0.5, 0.6) is 0 Å². The predicted octanol–water partition coefficient (Wildman–Crippen LogP) is 5.13. The van der Waals surface area contributed by atoms with Gasteiger partial charge in [0, 0.05) is 22.2 Å². The van der Waals surface area contributed by atoms with Gasteiger partial charge in [-0.1, -0.05) is 0 Å². The van der Waals surface area contributed by atoms with Crippen LogP contribution in [0.15, 0.2) is 36.5 Å². The van der Waals surface area contributed by atoms with Gasteiger partial charge in [0.15, 0.2) is 0 Å². The van der Waals surface area contributed by atoms with Crippen molar-refractivity contribution in [1.29, 1.82) is 0 Å². The maximum absolute atomic E-state index is 13.2. The van der Waals surface area contributed by atoms with Gasteiger partial charge < -0.3 is 0 Å². The first-order valence-electron chi connectivity index (χ1n) is 8.47. The molecule has 0 aliphatic carbocycles. The van der Waals surface area contributed by atoms with Crippen LogP contribution in [-0.2, 0) is 12.6 Å². The minimum Gasteiger partial charge on any atom is -0.298 e. The third kappa shape index (κ3) is 3.05. The fourth-order valence-electron chi connectivity index (χ4n) is 3.35. The average Bonchev–Trinajstić information content (AvgIpc) is 3.22. The van der Waals surface area contributed by atoms with E-state index in [1.807, 2.05) is 19.1 Å². The Bertz CT molecular complexity index is 1120. The van der Waals surface area contributed by atoms with E-state index in [9.17, 15) is 17.6 Å². The van der Waals surface area contributed by atoms with Gasteiger partial charge in [0.25, 0.3) is 0 Å². The summed E-state index contributed by atoms with van der Waals surface area (Å²) in [7, 11) is 0. The van der Waals surface area contributed by atoms with E-state index in [4.69, 9.17) is 0 Å². The number of halogens is 4. The Morgan fingerprint density at radius 1 is 1.11 bits per heavy atom. The van der Waals surface area contributed by atoms with Crippen molar-refractivity contribution in [3.63, 3.8) is 0 Å². The molecule has 0 unspecified atom stereocenters. The molecule has 0 amide bonds. The summed E-state index contributed by atoms with van der Waals surface area (Å²) < 4.78 is 53.9. The molecule has 0 spiro atoms. The van der Waals surface area contributed by atoms with Crippen molar-refractivity contribution < 1.29 is 17.6 Å². The summed E-state index contributed by atoms with van der Waals surface area (Å²) in [5, 5.41) is 8.35. The number of aromatic nitrogens is 4. The maximum atomic E-state index is 13.2. The normalized spacial score (nSPS) is 12.3. The fraction of sp³-hybridized carbons (Fsp3) is 0.263. The second-order valence-electron chi connectivity index (χ2n) is 6.47. The number of nitrogens with zero attached hydrogens (tertiary/aromatic N) is 3. The van der Waals surface area contributed by atoms with Gasteiger partial charge in [0.05, 0.1) is 18.4 Å². The SMILES string of the molecule is Cc1cc(-n2c(CCCF)cc3ccc(C(F)(F)F)nc32)cc2cn[nH]c12. The summed E-state index contributed by atoms with van der Waals surface area (Å²) in [4.78, 5) is 3.87. The third-order valence-corrected chi connectivity index (χ3v) is 4.57. The van der Waals surface area contributed by atoms with Crippen molar-refractivity contribution in [3.05, 3.63) is 53.5 Å². The summed E-state index contributed by atoms with van der Waals surface area (Å²) in [5.74, 6) is 0. The van der Waals surface area contributed by atoms with Crippen molar-refractivity contribution in [3.8, 4) is 5.69 Å². The highest BCUT2D eigenvalue weighted by Crippen LogP contribution is 2.32. The van der Waals surface area contributed by atoms with E-state index < -0.39 is 18.5 Å². The molecule has 3 aromatic heterocycles. The lowest BCUT2D eigenvalue weighted by Gasteiger charge is -2.13. The van der Waals surface area contributed by atoms with Gasteiger partial charge in [-0.3, -0.25) is 14.1 Å². The second-order valence-corrected chi connectivity index (χ2v) is 6.47. The largest absolute Gasteiger partial charge is 0.433 e. The predicted molar refractivity (Wildman–Crippen MR) is 94.8 cm³/mol. The molecule has 4 nitrogen and oxygen atoms in total. The Balaban J connectivity index is 1.99. The van der Waals surface area contributed by atoms with E-state index in [0.29, 0.717) is 17.5 Å².